The zero-order valence-corrected chi connectivity index (χ0v) is 11.3. The van der Waals surface area contributed by atoms with Gasteiger partial charge in [-0.3, -0.25) is 0 Å². The number of anilines is 1. The molecule has 18 heavy (non-hydrogen) atoms. The van der Waals surface area contributed by atoms with Crippen molar-refractivity contribution in [2.75, 3.05) is 12.4 Å². The molecule has 0 bridgehead atoms. The van der Waals surface area contributed by atoms with E-state index in [1.165, 1.54) is 24.1 Å². The Morgan fingerprint density at radius 2 is 2.22 bits per heavy atom. The van der Waals surface area contributed by atoms with Gasteiger partial charge in [0.2, 0.25) is 0 Å². The van der Waals surface area contributed by atoms with Gasteiger partial charge in [-0.25, -0.2) is 4.98 Å². The van der Waals surface area contributed by atoms with Crippen molar-refractivity contribution in [3.05, 3.63) is 23.5 Å². The van der Waals surface area contributed by atoms with Crippen molar-refractivity contribution >= 4 is 11.5 Å². The maximum atomic E-state index is 4.81. The summed E-state index contributed by atoms with van der Waals surface area (Å²) in [6, 6.07) is 2.13. The third-order valence-electron chi connectivity index (χ3n) is 3.63. The largest absolute Gasteiger partial charge is 0.373 e. The summed E-state index contributed by atoms with van der Waals surface area (Å²) in [6.07, 6.45) is 5.76. The SMILES string of the molecule is CNc1cc(CC2CC2)nc2c(C(C)C)cnn12. The molecule has 96 valence electrons. The van der Waals surface area contributed by atoms with Gasteiger partial charge in [0.05, 0.1) is 6.20 Å². The smallest absolute Gasteiger partial charge is 0.161 e. The van der Waals surface area contributed by atoms with Crippen LogP contribution in [0.4, 0.5) is 5.82 Å². The fourth-order valence-electron chi connectivity index (χ4n) is 2.34. The van der Waals surface area contributed by atoms with E-state index in [9.17, 15) is 0 Å². The summed E-state index contributed by atoms with van der Waals surface area (Å²) in [5.74, 6) is 2.34. The summed E-state index contributed by atoms with van der Waals surface area (Å²) in [7, 11) is 1.94. The lowest BCUT2D eigenvalue weighted by Crippen LogP contribution is -2.05. The number of rotatable bonds is 4. The Labute approximate surface area is 107 Å². The lowest BCUT2D eigenvalue weighted by molar-refractivity contribution is 0.794. The molecule has 0 atom stereocenters. The molecule has 0 saturated heterocycles. The van der Waals surface area contributed by atoms with Crippen LogP contribution in [0.15, 0.2) is 12.3 Å². The quantitative estimate of drug-likeness (QED) is 0.899. The van der Waals surface area contributed by atoms with Crippen LogP contribution in [0.5, 0.6) is 0 Å². The molecular weight excluding hydrogens is 224 g/mol. The van der Waals surface area contributed by atoms with E-state index in [4.69, 9.17) is 4.98 Å². The molecule has 4 nitrogen and oxygen atoms in total. The minimum Gasteiger partial charge on any atom is -0.373 e. The molecule has 0 spiro atoms. The maximum Gasteiger partial charge on any atom is 0.161 e. The molecule has 4 heteroatoms. The van der Waals surface area contributed by atoms with Crippen LogP contribution in [0.2, 0.25) is 0 Å². The molecule has 3 rings (SSSR count). The number of nitrogens with zero attached hydrogens (tertiary/aromatic N) is 3. The number of nitrogens with one attached hydrogen (secondary N) is 1. The Kier molecular flexibility index (Phi) is 2.73. The second-order valence-electron chi connectivity index (χ2n) is 5.52. The average Bonchev–Trinajstić information content (AvgIpc) is 3.04. The van der Waals surface area contributed by atoms with Crippen LogP contribution in [-0.2, 0) is 6.42 Å². The molecule has 0 unspecified atom stereocenters. The standard InChI is InChI=1S/C14H20N4/c1-9(2)12-8-16-18-13(15-3)7-11(17-14(12)18)6-10-4-5-10/h7-10,15H,4-6H2,1-3H3. The average molecular weight is 244 g/mol. The molecule has 1 aliphatic carbocycles. The third-order valence-corrected chi connectivity index (χ3v) is 3.63. The van der Waals surface area contributed by atoms with E-state index in [0.29, 0.717) is 5.92 Å². The van der Waals surface area contributed by atoms with Crippen molar-refractivity contribution in [3.63, 3.8) is 0 Å². The topological polar surface area (TPSA) is 42.2 Å². The maximum absolute atomic E-state index is 4.81. The summed E-state index contributed by atoms with van der Waals surface area (Å²) in [5.41, 5.74) is 3.42. The monoisotopic (exact) mass is 244 g/mol. The zero-order chi connectivity index (χ0) is 12.7. The van der Waals surface area contributed by atoms with E-state index in [0.717, 1.165) is 23.8 Å². The highest BCUT2D eigenvalue weighted by atomic mass is 15.3. The lowest BCUT2D eigenvalue weighted by Gasteiger charge is -2.08. The molecular formula is C14H20N4. The summed E-state index contributed by atoms with van der Waals surface area (Å²) >= 11 is 0. The van der Waals surface area contributed by atoms with E-state index in [1.54, 1.807) is 0 Å². The fourth-order valence-corrected chi connectivity index (χ4v) is 2.34. The minimum absolute atomic E-state index is 0.455. The summed E-state index contributed by atoms with van der Waals surface area (Å²) in [4.78, 5) is 4.81. The number of aromatic nitrogens is 3. The van der Waals surface area contributed by atoms with Crippen LogP contribution in [0.1, 0.15) is 43.9 Å². The molecule has 2 aromatic rings. The van der Waals surface area contributed by atoms with E-state index in [1.807, 2.05) is 17.8 Å². The second kappa shape index (κ2) is 4.26. The summed E-state index contributed by atoms with van der Waals surface area (Å²) in [6.45, 7) is 4.37. The molecule has 1 aliphatic rings. The molecule has 1 N–H and O–H groups in total. The summed E-state index contributed by atoms with van der Waals surface area (Å²) in [5, 5.41) is 7.65. The molecule has 2 heterocycles. The Balaban J connectivity index is 2.11. The minimum atomic E-state index is 0.455. The fraction of sp³-hybridized carbons (Fsp3) is 0.571. The van der Waals surface area contributed by atoms with E-state index in [-0.39, 0.29) is 0 Å². The molecule has 1 saturated carbocycles. The van der Waals surface area contributed by atoms with Gasteiger partial charge in [-0.05, 0) is 31.1 Å². The predicted molar refractivity (Wildman–Crippen MR) is 73.1 cm³/mol. The highest BCUT2D eigenvalue weighted by Gasteiger charge is 2.23. The number of hydrogen-bond acceptors (Lipinski definition) is 3. The van der Waals surface area contributed by atoms with E-state index in [2.05, 4.69) is 30.3 Å². The van der Waals surface area contributed by atoms with Crippen LogP contribution in [0.3, 0.4) is 0 Å². The van der Waals surface area contributed by atoms with Crippen molar-refractivity contribution in [2.45, 2.75) is 39.0 Å². The van der Waals surface area contributed by atoms with Crippen molar-refractivity contribution in [2.24, 2.45) is 5.92 Å². The molecule has 0 amide bonds. The molecule has 0 radical (unpaired) electrons. The van der Waals surface area contributed by atoms with Gasteiger partial charge in [0.15, 0.2) is 5.65 Å². The van der Waals surface area contributed by atoms with Crippen molar-refractivity contribution in [3.8, 4) is 0 Å². The lowest BCUT2D eigenvalue weighted by atomic mass is 10.1. The molecule has 0 aromatic carbocycles. The van der Waals surface area contributed by atoms with Gasteiger partial charge in [0, 0.05) is 24.4 Å². The highest BCUT2D eigenvalue weighted by Crippen LogP contribution is 2.33. The van der Waals surface area contributed by atoms with Crippen LogP contribution < -0.4 is 5.32 Å². The Morgan fingerprint density at radius 1 is 1.44 bits per heavy atom. The van der Waals surface area contributed by atoms with Gasteiger partial charge in [0.1, 0.15) is 5.82 Å². The van der Waals surface area contributed by atoms with Crippen LogP contribution in [-0.4, -0.2) is 21.6 Å². The normalized spacial score (nSPS) is 15.6. The van der Waals surface area contributed by atoms with Crippen molar-refractivity contribution in [1.82, 2.24) is 14.6 Å². The highest BCUT2D eigenvalue weighted by molar-refractivity contribution is 5.55. The Hall–Kier alpha value is -1.58. The van der Waals surface area contributed by atoms with Gasteiger partial charge >= 0.3 is 0 Å². The first-order valence-electron chi connectivity index (χ1n) is 6.74. The Bertz CT molecular complexity index is 566. The second-order valence-corrected chi connectivity index (χ2v) is 5.52. The van der Waals surface area contributed by atoms with Crippen LogP contribution in [0.25, 0.3) is 5.65 Å². The first-order valence-corrected chi connectivity index (χ1v) is 6.74. The van der Waals surface area contributed by atoms with Crippen LogP contribution in [0, 0.1) is 5.92 Å². The summed E-state index contributed by atoms with van der Waals surface area (Å²) < 4.78 is 1.91. The first kappa shape index (κ1) is 11.5. The van der Waals surface area contributed by atoms with Crippen LogP contribution >= 0.6 is 0 Å². The zero-order valence-electron chi connectivity index (χ0n) is 11.3. The van der Waals surface area contributed by atoms with Gasteiger partial charge in [-0.15, -0.1) is 0 Å². The molecule has 0 aliphatic heterocycles. The van der Waals surface area contributed by atoms with E-state index >= 15 is 0 Å². The molecule has 2 aromatic heterocycles. The molecule has 1 fully saturated rings. The van der Waals surface area contributed by atoms with Gasteiger partial charge < -0.3 is 5.32 Å². The first-order chi connectivity index (χ1) is 8.69. The Morgan fingerprint density at radius 3 is 2.83 bits per heavy atom. The third kappa shape index (κ3) is 1.96. The predicted octanol–water partition coefficient (Wildman–Crippen LogP) is 2.85. The van der Waals surface area contributed by atoms with Crippen molar-refractivity contribution in [1.29, 1.82) is 0 Å². The van der Waals surface area contributed by atoms with Crippen molar-refractivity contribution < 1.29 is 0 Å². The number of hydrogen-bond donors (Lipinski definition) is 1. The van der Waals surface area contributed by atoms with Gasteiger partial charge in [-0.2, -0.15) is 9.61 Å². The van der Waals surface area contributed by atoms with E-state index < -0.39 is 0 Å². The number of fused-ring (bicyclic) bond motifs is 1. The van der Waals surface area contributed by atoms with Gasteiger partial charge in [0.25, 0.3) is 0 Å². The van der Waals surface area contributed by atoms with Gasteiger partial charge in [-0.1, -0.05) is 13.8 Å².